The molecular formula is C21H28N4O6S. The summed E-state index contributed by atoms with van der Waals surface area (Å²) >= 11 is 0. The van der Waals surface area contributed by atoms with Crippen molar-refractivity contribution in [3.05, 3.63) is 35.5 Å². The number of aromatic nitrogens is 2. The van der Waals surface area contributed by atoms with E-state index in [9.17, 15) is 13.2 Å². The predicted molar refractivity (Wildman–Crippen MR) is 115 cm³/mol. The van der Waals surface area contributed by atoms with Gasteiger partial charge in [-0.05, 0) is 43.4 Å². The van der Waals surface area contributed by atoms with Crippen molar-refractivity contribution in [1.29, 1.82) is 0 Å². The second-order valence-electron chi connectivity index (χ2n) is 8.66. The molecule has 0 radical (unpaired) electrons. The Kier molecular flexibility index (Phi) is 5.89. The van der Waals surface area contributed by atoms with Gasteiger partial charge in [0.25, 0.3) is 0 Å². The summed E-state index contributed by atoms with van der Waals surface area (Å²) in [6.07, 6.45) is 2.57. The number of nitrogens with one attached hydrogen (secondary N) is 1. The molecule has 4 rings (SSSR count). The van der Waals surface area contributed by atoms with E-state index in [2.05, 4.69) is 15.5 Å². The van der Waals surface area contributed by atoms with E-state index in [-0.39, 0.29) is 30.8 Å². The number of sulfonamides is 1. The first-order chi connectivity index (χ1) is 15.1. The number of ether oxygens (including phenoxy) is 2. The fraction of sp³-hybridized carbons (Fsp3) is 0.571. The van der Waals surface area contributed by atoms with Gasteiger partial charge in [-0.2, -0.15) is 4.98 Å². The Morgan fingerprint density at radius 3 is 2.53 bits per heavy atom. The number of amides is 1. The summed E-state index contributed by atoms with van der Waals surface area (Å²) in [5, 5.41) is 7.02. The monoisotopic (exact) mass is 464 g/mol. The SMILES string of the molecule is COc1cc(CC(=O)N[C@@H]2C[C@H]3CN(S(C)(=O)=O)C[C@@]3(c3nc(C)no3)C2)cc(OC)c1. The number of hydrogen-bond donors (Lipinski definition) is 1. The van der Waals surface area contributed by atoms with Crippen LogP contribution in [-0.2, 0) is 26.7 Å². The molecule has 1 aromatic carbocycles. The van der Waals surface area contributed by atoms with Crippen LogP contribution in [0.2, 0.25) is 0 Å². The minimum absolute atomic E-state index is 0.0145. The zero-order valence-corrected chi connectivity index (χ0v) is 19.4. The quantitative estimate of drug-likeness (QED) is 0.645. The highest BCUT2D eigenvalue weighted by atomic mass is 32.2. The van der Waals surface area contributed by atoms with Crippen molar-refractivity contribution in [3.8, 4) is 11.5 Å². The molecular weight excluding hydrogens is 436 g/mol. The molecule has 3 atom stereocenters. The van der Waals surface area contributed by atoms with E-state index in [1.165, 1.54) is 10.6 Å². The minimum atomic E-state index is -3.35. The number of carbonyl (C=O) groups excluding carboxylic acids is 1. The molecule has 2 fully saturated rings. The van der Waals surface area contributed by atoms with Gasteiger partial charge in [0.05, 0.1) is 32.3 Å². The molecule has 10 nitrogen and oxygen atoms in total. The van der Waals surface area contributed by atoms with Crippen LogP contribution >= 0.6 is 0 Å². The molecule has 2 aliphatic rings. The van der Waals surface area contributed by atoms with E-state index >= 15 is 0 Å². The maximum atomic E-state index is 12.8. The van der Waals surface area contributed by atoms with Gasteiger partial charge in [0.2, 0.25) is 21.8 Å². The number of carbonyl (C=O) groups is 1. The van der Waals surface area contributed by atoms with E-state index in [4.69, 9.17) is 14.0 Å². The molecule has 174 valence electrons. The van der Waals surface area contributed by atoms with Gasteiger partial charge in [-0.3, -0.25) is 4.79 Å². The summed E-state index contributed by atoms with van der Waals surface area (Å²) in [4.78, 5) is 17.2. The third-order valence-corrected chi connectivity index (χ3v) is 7.62. The maximum absolute atomic E-state index is 12.8. The summed E-state index contributed by atoms with van der Waals surface area (Å²) < 4.78 is 41.9. The lowest BCUT2D eigenvalue weighted by molar-refractivity contribution is -0.121. The minimum Gasteiger partial charge on any atom is -0.497 e. The molecule has 1 aromatic heterocycles. The first-order valence-corrected chi connectivity index (χ1v) is 12.2. The van der Waals surface area contributed by atoms with Crippen LogP contribution in [0.4, 0.5) is 0 Å². The molecule has 1 saturated heterocycles. The number of methoxy groups -OCH3 is 2. The van der Waals surface area contributed by atoms with Crippen molar-refractivity contribution < 1.29 is 27.2 Å². The highest BCUT2D eigenvalue weighted by Gasteiger charge is 2.58. The maximum Gasteiger partial charge on any atom is 0.234 e. The highest BCUT2D eigenvalue weighted by Crippen LogP contribution is 2.50. The van der Waals surface area contributed by atoms with Crippen molar-refractivity contribution in [3.63, 3.8) is 0 Å². The van der Waals surface area contributed by atoms with Crippen LogP contribution in [0.3, 0.4) is 0 Å². The summed E-state index contributed by atoms with van der Waals surface area (Å²) in [5.41, 5.74) is 0.184. The van der Waals surface area contributed by atoms with Gasteiger partial charge in [0.1, 0.15) is 11.5 Å². The van der Waals surface area contributed by atoms with Crippen molar-refractivity contribution in [2.45, 2.75) is 37.6 Å². The lowest BCUT2D eigenvalue weighted by Gasteiger charge is -2.24. The summed E-state index contributed by atoms with van der Waals surface area (Å²) in [5.74, 6) is 2.05. The van der Waals surface area contributed by atoms with Crippen LogP contribution in [0.15, 0.2) is 22.7 Å². The largest absolute Gasteiger partial charge is 0.497 e. The second kappa shape index (κ2) is 8.36. The van der Waals surface area contributed by atoms with E-state index in [0.29, 0.717) is 42.6 Å². The average Bonchev–Trinajstić information content (AvgIpc) is 3.39. The Bertz CT molecular complexity index is 1090. The number of nitrogens with zero attached hydrogens (tertiary/aromatic N) is 3. The van der Waals surface area contributed by atoms with Gasteiger partial charge in [-0.15, -0.1) is 0 Å². The number of benzene rings is 1. The normalized spacial score (nSPS) is 25.5. The molecule has 1 aliphatic carbocycles. The van der Waals surface area contributed by atoms with Crippen molar-refractivity contribution in [1.82, 2.24) is 19.8 Å². The predicted octanol–water partition coefficient (Wildman–Crippen LogP) is 1.05. The first-order valence-electron chi connectivity index (χ1n) is 10.4. The van der Waals surface area contributed by atoms with Gasteiger partial charge >= 0.3 is 0 Å². The summed E-state index contributed by atoms with van der Waals surface area (Å²) in [6, 6.07) is 5.24. The van der Waals surface area contributed by atoms with Gasteiger partial charge in [-0.1, -0.05) is 5.16 Å². The topological polar surface area (TPSA) is 124 Å². The van der Waals surface area contributed by atoms with Crippen LogP contribution in [0.1, 0.15) is 30.1 Å². The molecule has 32 heavy (non-hydrogen) atoms. The fourth-order valence-corrected chi connectivity index (χ4v) is 5.87. The summed E-state index contributed by atoms with van der Waals surface area (Å²) in [7, 11) is -0.218. The molecule has 1 saturated carbocycles. The Morgan fingerprint density at radius 2 is 1.97 bits per heavy atom. The molecule has 0 spiro atoms. The zero-order valence-electron chi connectivity index (χ0n) is 18.6. The van der Waals surface area contributed by atoms with E-state index in [0.717, 1.165) is 5.56 Å². The third kappa shape index (κ3) is 4.31. The third-order valence-electron chi connectivity index (χ3n) is 6.41. The van der Waals surface area contributed by atoms with Crippen molar-refractivity contribution >= 4 is 15.9 Å². The molecule has 2 aromatic rings. The van der Waals surface area contributed by atoms with Crippen LogP contribution < -0.4 is 14.8 Å². The Labute approximate surface area is 187 Å². The van der Waals surface area contributed by atoms with Crippen LogP contribution in [0.5, 0.6) is 11.5 Å². The Hall–Kier alpha value is -2.66. The average molecular weight is 465 g/mol. The molecule has 2 heterocycles. The second-order valence-corrected chi connectivity index (χ2v) is 10.6. The van der Waals surface area contributed by atoms with E-state index in [1.54, 1.807) is 39.3 Å². The molecule has 0 unspecified atom stereocenters. The van der Waals surface area contributed by atoms with Gasteiger partial charge in [0.15, 0.2) is 5.82 Å². The molecule has 11 heteroatoms. The smallest absolute Gasteiger partial charge is 0.234 e. The van der Waals surface area contributed by atoms with Crippen molar-refractivity contribution in [2.24, 2.45) is 5.92 Å². The molecule has 1 N–H and O–H groups in total. The first kappa shape index (κ1) is 22.5. The van der Waals surface area contributed by atoms with E-state index < -0.39 is 15.4 Å². The number of rotatable bonds is 7. The Balaban J connectivity index is 1.49. The lowest BCUT2D eigenvalue weighted by Crippen LogP contribution is -2.39. The number of hydrogen-bond acceptors (Lipinski definition) is 8. The number of fused-ring (bicyclic) bond motifs is 1. The Morgan fingerprint density at radius 1 is 1.28 bits per heavy atom. The number of aryl methyl sites for hydroxylation is 1. The highest BCUT2D eigenvalue weighted by molar-refractivity contribution is 7.88. The fourth-order valence-electron chi connectivity index (χ4n) is 4.95. The van der Waals surface area contributed by atoms with Crippen molar-refractivity contribution in [2.75, 3.05) is 33.6 Å². The standard InChI is InChI=1S/C21H28N4O6S/c1-13-22-20(31-24-13)21-10-16(8-15(21)11-25(12-21)32(4,27)28)23-19(26)7-14-5-17(29-2)9-18(6-14)30-3/h5-6,9,15-16H,7-8,10-12H2,1-4H3,(H,23,26)/t15-,16+,21-/m0/s1. The molecule has 0 bridgehead atoms. The molecule has 1 amide bonds. The van der Waals surface area contributed by atoms with E-state index in [1.807, 2.05) is 0 Å². The van der Waals surface area contributed by atoms with Crippen LogP contribution in [0, 0.1) is 12.8 Å². The van der Waals surface area contributed by atoms with Gasteiger partial charge in [0, 0.05) is 25.2 Å². The van der Waals surface area contributed by atoms with Crippen LogP contribution in [-0.4, -0.2) is 68.4 Å². The lowest BCUT2D eigenvalue weighted by atomic mass is 9.80. The summed E-state index contributed by atoms with van der Waals surface area (Å²) in [6.45, 7) is 2.38. The van der Waals surface area contributed by atoms with Gasteiger partial charge < -0.3 is 19.3 Å². The van der Waals surface area contributed by atoms with Crippen LogP contribution in [0.25, 0.3) is 0 Å². The zero-order chi connectivity index (χ0) is 23.1. The molecule has 1 aliphatic heterocycles. The van der Waals surface area contributed by atoms with Gasteiger partial charge in [-0.25, -0.2) is 12.7 Å².